The number of carbonyl (C=O) groups is 2. The molecule has 1 aromatic heterocycles. The van der Waals surface area contributed by atoms with Crippen molar-refractivity contribution in [1.29, 1.82) is 0 Å². The van der Waals surface area contributed by atoms with Gasteiger partial charge in [0.2, 0.25) is 0 Å². The van der Waals surface area contributed by atoms with Crippen LogP contribution in [0.2, 0.25) is 5.02 Å². The zero-order valence-electron chi connectivity index (χ0n) is 18.8. The lowest BCUT2D eigenvalue weighted by Crippen LogP contribution is -2.21. The average molecular weight is 481 g/mol. The van der Waals surface area contributed by atoms with E-state index in [0.717, 1.165) is 0 Å². The quantitative estimate of drug-likeness (QED) is 0.304. The molecule has 1 aliphatic heterocycles. The first-order valence-electron chi connectivity index (χ1n) is 10.7. The van der Waals surface area contributed by atoms with Gasteiger partial charge in [-0.2, -0.15) is 10.1 Å². The Morgan fingerprint density at radius 3 is 2.62 bits per heavy atom. The van der Waals surface area contributed by atoms with Gasteiger partial charge in [0.15, 0.2) is 0 Å². The van der Waals surface area contributed by atoms with Crippen LogP contribution in [0.1, 0.15) is 36.9 Å². The van der Waals surface area contributed by atoms with E-state index in [0.29, 0.717) is 40.7 Å². The molecule has 0 saturated heterocycles. The molecule has 0 atom stereocenters. The second-order valence-corrected chi connectivity index (χ2v) is 8.63. The Morgan fingerprint density at radius 2 is 1.91 bits per heavy atom. The molecule has 174 valence electrons. The van der Waals surface area contributed by atoms with Crippen LogP contribution in [0.15, 0.2) is 69.7 Å². The van der Waals surface area contributed by atoms with Crippen LogP contribution in [0.5, 0.6) is 0 Å². The Bertz CT molecular complexity index is 1310. The van der Waals surface area contributed by atoms with Crippen molar-refractivity contribution in [3.63, 3.8) is 0 Å². The van der Waals surface area contributed by atoms with Crippen molar-refractivity contribution < 1.29 is 23.1 Å². The minimum Gasteiger partial charge on any atom is -0.462 e. The summed E-state index contributed by atoms with van der Waals surface area (Å²) in [4.78, 5) is 25.3. The lowest BCUT2D eigenvalue weighted by molar-refractivity contribution is -0.114. The van der Waals surface area contributed by atoms with E-state index in [1.54, 1.807) is 43.3 Å². The lowest BCUT2D eigenvalue weighted by atomic mass is 10.1. The van der Waals surface area contributed by atoms with Gasteiger partial charge in [-0.3, -0.25) is 4.79 Å². The maximum Gasteiger partial charge on any atom is 0.339 e. The third-order valence-corrected chi connectivity index (χ3v) is 5.40. The van der Waals surface area contributed by atoms with Crippen molar-refractivity contribution in [2.75, 3.05) is 11.6 Å². The van der Waals surface area contributed by atoms with Gasteiger partial charge in [0.1, 0.15) is 17.3 Å². The lowest BCUT2D eigenvalue weighted by Gasteiger charge is -2.11. The van der Waals surface area contributed by atoms with E-state index in [2.05, 4.69) is 5.10 Å². The summed E-state index contributed by atoms with van der Waals surface area (Å²) in [5, 5.41) is 5.79. The Kier molecular flexibility index (Phi) is 6.65. The molecular weight excluding hydrogens is 459 g/mol. The topological polar surface area (TPSA) is 72.1 Å². The summed E-state index contributed by atoms with van der Waals surface area (Å²) in [6.45, 7) is 5.91. The number of hydrazone groups is 1. The predicted octanol–water partition coefficient (Wildman–Crippen LogP) is 6.36. The highest BCUT2D eigenvalue weighted by Gasteiger charge is 2.29. The number of amides is 1. The molecule has 8 heteroatoms. The zero-order chi connectivity index (χ0) is 24.4. The molecule has 0 N–H and O–H groups in total. The number of ether oxygens (including phenoxy) is 1. The van der Waals surface area contributed by atoms with E-state index in [9.17, 15) is 14.0 Å². The number of nitrogens with zero attached hydrogens (tertiary/aromatic N) is 2. The second-order valence-electron chi connectivity index (χ2n) is 8.23. The van der Waals surface area contributed by atoms with Gasteiger partial charge in [0.05, 0.1) is 34.2 Å². The molecule has 0 bridgehead atoms. The predicted molar refractivity (Wildman–Crippen MR) is 129 cm³/mol. The van der Waals surface area contributed by atoms with E-state index in [1.165, 1.54) is 29.3 Å². The van der Waals surface area contributed by atoms with E-state index in [1.807, 2.05) is 13.8 Å². The number of hydrogen-bond acceptors (Lipinski definition) is 5. The fraction of sp³-hybridized carbons (Fsp3) is 0.192. The van der Waals surface area contributed by atoms with Crippen molar-refractivity contribution in [2.45, 2.75) is 20.8 Å². The van der Waals surface area contributed by atoms with Crippen LogP contribution in [-0.2, 0) is 9.53 Å². The third-order valence-electron chi connectivity index (χ3n) is 5.07. The molecule has 0 aliphatic carbocycles. The number of rotatable bonds is 6. The third kappa shape index (κ3) is 4.94. The van der Waals surface area contributed by atoms with Crippen molar-refractivity contribution in [1.82, 2.24) is 0 Å². The first kappa shape index (κ1) is 23.4. The van der Waals surface area contributed by atoms with Crippen molar-refractivity contribution in [3.05, 3.63) is 82.3 Å². The summed E-state index contributed by atoms with van der Waals surface area (Å²) in [5.41, 5.74) is 2.22. The van der Waals surface area contributed by atoms with Crippen molar-refractivity contribution in [3.8, 4) is 11.3 Å². The smallest absolute Gasteiger partial charge is 0.339 e. The largest absolute Gasteiger partial charge is 0.462 e. The normalized spacial score (nSPS) is 14.8. The van der Waals surface area contributed by atoms with E-state index >= 15 is 0 Å². The zero-order valence-corrected chi connectivity index (χ0v) is 19.6. The SMILES string of the molecule is CC1=NN(c2ccc(F)cc2)C(=O)/C1=C\c1ccc(-c2ccc(Cl)c(C(=O)OCC(C)C)c2)o1. The van der Waals surface area contributed by atoms with Gasteiger partial charge in [0.25, 0.3) is 5.91 Å². The molecule has 34 heavy (non-hydrogen) atoms. The fourth-order valence-corrected chi connectivity index (χ4v) is 3.52. The van der Waals surface area contributed by atoms with Gasteiger partial charge in [-0.25, -0.2) is 9.18 Å². The molecule has 4 rings (SSSR count). The molecule has 0 spiro atoms. The Labute approximate surface area is 201 Å². The van der Waals surface area contributed by atoms with E-state index < -0.39 is 11.8 Å². The molecule has 3 aromatic rings. The van der Waals surface area contributed by atoms with E-state index in [-0.39, 0.29) is 22.4 Å². The summed E-state index contributed by atoms with van der Waals surface area (Å²) in [7, 11) is 0. The molecule has 0 unspecified atom stereocenters. The summed E-state index contributed by atoms with van der Waals surface area (Å²) in [6.07, 6.45) is 1.60. The number of anilines is 1. The maximum absolute atomic E-state index is 13.2. The molecule has 1 aliphatic rings. The Morgan fingerprint density at radius 1 is 1.18 bits per heavy atom. The highest BCUT2D eigenvalue weighted by atomic mass is 35.5. The molecule has 0 saturated carbocycles. The number of benzene rings is 2. The van der Waals surface area contributed by atoms with Crippen LogP contribution < -0.4 is 5.01 Å². The monoisotopic (exact) mass is 480 g/mol. The minimum absolute atomic E-state index is 0.204. The van der Waals surface area contributed by atoms with E-state index in [4.69, 9.17) is 20.8 Å². The minimum atomic E-state index is -0.501. The first-order valence-corrected chi connectivity index (χ1v) is 11.0. The first-order chi connectivity index (χ1) is 16.2. The molecular formula is C26H22ClFN2O4. The maximum atomic E-state index is 13.2. The highest BCUT2D eigenvalue weighted by Crippen LogP contribution is 2.30. The number of carbonyl (C=O) groups excluding carboxylic acids is 2. The van der Waals surface area contributed by atoms with Crippen LogP contribution in [0.25, 0.3) is 17.4 Å². The standard InChI is InChI=1S/C26H22ClFN2O4/c1-15(2)14-33-26(32)22-12-17(4-10-23(22)27)24-11-9-20(34-24)13-21-16(3)29-30(25(21)31)19-7-5-18(28)6-8-19/h4-13,15H,14H2,1-3H3/b21-13-. The van der Waals surface area contributed by atoms with Gasteiger partial charge in [-0.1, -0.05) is 25.4 Å². The second kappa shape index (κ2) is 9.65. The Hall–Kier alpha value is -3.71. The number of esters is 1. The molecule has 0 fully saturated rings. The van der Waals surface area contributed by atoms with Gasteiger partial charge in [0, 0.05) is 5.56 Å². The van der Waals surface area contributed by atoms with Crippen LogP contribution in [0, 0.1) is 11.7 Å². The summed E-state index contributed by atoms with van der Waals surface area (Å²) in [5.74, 6) is -0.101. The van der Waals surface area contributed by atoms with Crippen molar-refractivity contribution in [2.24, 2.45) is 11.0 Å². The van der Waals surface area contributed by atoms with Gasteiger partial charge in [-0.05, 0) is 73.5 Å². The summed E-state index contributed by atoms with van der Waals surface area (Å²) < 4.78 is 24.4. The van der Waals surface area contributed by atoms with Crippen molar-refractivity contribution >= 4 is 41.0 Å². The Balaban J connectivity index is 1.56. The fourth-order valence-electron chi connectivity index (χ4n) is 3.32. The number of halogens is 2. The molecule has 2 heterocycles. The average Bonchev–Trinajstić information content (AvgIpc) is 3.38. The highest BCUT2D eigenvalue weighted by molar-refractivity contribution is 6.33. The molecule has 1 amide bonds. The molecule has 6 nitrogen and oxygen atoms in total. The summed E-state index contributed by atoms with van der Waals surface area (Å²) in [6, 6.07) is 13.9. The molecule has 2 aromatic carbocycles. The number of furan rings is 1. The molecule has 0 radical (unpaired) electrons. The van der Waals surface area contributed by atoms with Crippen LogP contribution in [-0.4, -0.2) is 24.2 Å². The van der Waals surface area contributed by atoms with Gasteiger partial charge >= 0.3 is 5.97 Å². The summed E-state index contributed by atoms with van der Waals surface area (Å²) >= 11 is 6.20. The number of hydrogen-bond donors (Lipinski definition) is 0. The van der Waals surface area contributed by atoms with Gasteiger partial charge in [-0.15, -0.1) is 0 Å². The van der Waals surface area contributed by atoms with Crippen LogP contribution in [0.4, 0.5) is 10.1 Å². The van der Waals surface area contributed by atoms with Crippen LogP contribution in [0.3, 0.4) is 0 Å². The van der Waals surface area contributed by atoms with Gasteiger partial charge < -0.3 is 9.15 Å². The van der Waals surface area contributed by atoms with Crippen LogP contribution >= 0.6 is 11.6 Å².